The van der Waals surface area contributed by atoms with E-state index in [1.54, 1.807) is 6.07 Å². The summed E-state index contributed by atoms with van der Waals surface area (Å²) in [4.78, 5) is 22.8. The predicted molar refractivity (Wildman–Crippen MR) is 62.1 cm³/mol. The molecular weight excluding hydrogens is 252 g/mol. The first kappa shape index (κ1) is 12.0. The summed E-state index contributed by atoms with van der Waals surface area (Å²) in [7, 11) is 0. The quantitative estimate of drug-likeness (QED) is 0.892. The van der Waals surface area contributed by atoms with Crippen molar-refractivity contribution in [1.82, 2.24) is 15.0 Å². The number of aromatic nitrogens is 3. The maximum Gasteiger partial charge on any atom is 0.338 e. The Morgan fingerprint density at radius 1 is 1.33 bits per heavy atom. The fraction of sp³-hybridized carbons (Fsp3) is 0. The van der Waals surface area contributed by atoms with E-state index in [1.807, 2.05) is 6.07 Å². The minimum Gasteiger partial charge on any atom is -0.478 e. The molecule has 2 aromatic heterocycles. The molecule has 2 heterocycles. The summed E-state index contributed by atoms with van der Waals surface area (Å²) < 4.78 is 0. The van der Waals surface area contributed by atoms with Crippen molar-refractivity contribution in [3.05, 3.63) is 42.0 Å². The average Bonchev–Trinajstić information content (AvgIpc) is 2.40. The van der Waals surface area contributed by atoms with Crippen LogP contribution in [0.2, 0.25) is 0 Å². The molecule has 0 amide bonds. The lowest BCUT2D eigenvalue weighted by molar-refractivity contribution is 0.0692. The van der Waals surface area contributed by atoms with E-state index < -0.39 is 5.97 Å². The molecule has 0 radical (unpaired) electrons. The van der Waals surface area contributed by atoms with Gasteiger partial charge in [0.25, 0.3) is 0 Å². The van der Waals surface area contributed by atoms with Crippen LogP contribution in [0.3, 0.4) is 0 Å². The van der Waals surface area contributed by atoms with Gasteiger partial charge in [-0.25, -0.2) is 19.7 Å². The van der Waals surface area contributed by atoms with E-state index in [-0.39, 0.29) is 11.3 Å². The van der Waals surface area contributed by atoms with Crippen LogP contribution in [0, 0.1) is 11.3 Å². The molecule has 0 aliphatic carbocycles. The number of carboxylic acids is 1. The van der Waals surface area contributed by atoms with Crippen molar-refractivity contribution in [2.45, 2.75) is 10.1 Å². The first-order valence-electron chi connectivity index (χ1n) is 4.79. The molecule has 0 atom stereocenters. The number of pyridine rings is 1. The zero-order valence-electron chi connectivity index (χ0n) is 8.94. The third-order valence-corrected chi connectivity index (χ3v) is 2.88. The second-order valence-corrected chi connectivity index (χ2v) is 4.12. The van der Waals surface area contributed by atoms with Crippen LogP contribution >= 0.6 is 11.8 Å². The smallest absolute Gasteiger partial charge is 0.338 e. The standard InChI is InChI=1S/C11H6N4O2S/c12-4-7-5-15-9(6-14-7)18-10-8(11(16)17)2-1-3-13-10/h1-3,5-6H,(H,16,17). The summed E-state index contributed by atoms with van der Waals surface area (Å²) in [6, 6.07) is 4.88. The Labute approximate surface area is 106 Å². The van der Waals surface area contributed by atoms with Gasteiger partial charge in [-0.15, -0.1) is 0 Å². The average molecular weight is 258 g/mol. The van der Waals surface area contributed by atoms with Crippen LogP contribution in [0.5, 0.6) is 0 Å². The van der Waals surface area contributed by atoms with Crippen LogP contribution in [-0.2, 0) is 0 Å². The molecule has 88 valence electrons. The van der Waals surface area contributed by atoms with Gasteiger partial charge < -0.3 is 5.11 Å². The molecule has 2 aromatic rings. The third-order valence-electron chi connectivity index (χ3n) is 1.95. The molecule has 0 saturated heterocycles. The van der Waals surface area contributed by atoms with Gasteiger partial charge in [-0.2, -0.15) is 5.26 Å². The van der Waals surface area contributed by atoms with Gasteiger partial charge >= 0.3 is 5.97 Å². The van der Waals surface area contributed by atoms with E-state index in [0.29, 0.717) is 10.1 Å². The summed E-state index contributed by atoms with van der Waals surface area (Å²) in [5.74, 6) is -1.05. The van der Waals surface area contributed by atoms with Crippen molar-refractivity contribution in [2.75, 3.05) is 0 Å². The summed E-state index contributed by atoms with van der Waals surface area (Å²) in [5, 5.41) is 18.4. The van der Waals surface area contributed by atoms with Gasteiger partial charge in [-0.05, 0) is 23.9 Å². The van der Waals surface area contributed by atoms with Gasteiger partial charge in [-0.1, -0.05) is 0 Å². The molecular formula is C11H6N4O2S. The molecule has 0 unspecified atom stereocenters. The molecule has 0 aliphatic rings. The lowest BCUT2D eigenvalue weighted by atomic mass is 10.3. The Morgan fingerprint density at radius 3 is 2.78 bits per heavy atom. The van der Waals surface area contributed by atoms with Crippen molar-refractivity contribution in [2.24, 2.45) is 0 Å². The van der Waals surface area contributed by atoms with Crippen LogP contribution in [0.1, 0.15) is 16.1 Å². The summed E-state index contributed by atoms with van der Waals surface area (Å²) in [5.41, 5.74) is 0.312. The number of aromatic carboxylic acids is 1. The molecule has 0 aromatic carbocycles. The SMILES string of the molecule is N#Cc1cnc(Sc2ncccc2C(=O)O)cn1. The monoisotopic (exact) mass is 258 g/mol. The summed E-state index contributed by atoms with van der Waals surface area (Å²) in [6.07, 6.45) is 4.24. The summed E-state index contributed by atoms with van der Waals surface area (Å²) in [6.45, 7) is 0. The highest BCUT2D eigenvalue weighted by atomic mass is 32.2. The first-order valence-corrected chi connectivity index (χ1v) is 5.60. The minimum atomic E-state index is -1.05. The fourth-order valence-corrected chi connectivity index (χ4v) is 1.95. The third kappa shape index (κ3) is 2.61. The number of carboxylic acid groups (broad SMARTS) is 1. The Kier molecular flexibility index (Phi) is 3.50. The molecule has 0 spiro atoms. The number of hydrogen-bond acceptors (Lipinski definition) is 6. The second-order valence-electron chi connectivity index (χ2n) is 3.12. The van der Waals surface area contributed by atoms with E-state index >= 15 is 0 Å². The molecule has 18 heavy (non-hydrogen) atoms. The zero-order valence-corrected chi connectivity index (χ0v) is 9.76. The van der Waals surface area contributed by atoms with Crippen LogP contribution in [0.15, 0.2) is 40.8 Å². The Balaban J connectivity index is 2.28. The topological polar surface area (TPSA) is 99.8 Å². The highest BCUT2D eigenvalue weighted by molar-refractivity contribution is 7.99. The normalized spacial score (nSPS) is 9.72. The predicted octanol–water partition coefficient (Wildman–Crippen LogP) is 1.59. The lowest BCUT2D eigenvalue weighted by Gasteiger charge is -2.02. The van der Waals surface area contributed by atoms with Crippen LogP contribution < -0.4 is 0 Å². The molecule has 2 rings (SSSR count). The first-order chi connectivity index (χ1) is 8.70. The van der Waals surface area contributed by atoms with E-state index in [4.69, 9.17) is 10.4 Å². The maximum absolute atomic E-state index is 11.0. The number of nitriles is 1. The number of nitrogens with zero attached hydrogens (tertiary/aromatic N) is 4. The number of rotatable bonds is 3. The van der Waals surface area contributed by atoms with Crippen molar-refractivity contribution in [3.8, 4) is 6.07 Å². The lowest BCUT2D eigenvalue weighted by Crippen LogP contribution is -2.00. The highest BCUT2D eigenvalue weighted by Crippen LogP contribution is 2.26. The van der Waals surface area contributed by atoms with Gasteiger partial charge in [-0.3, -0.25) is 0 Å². The fourth-order valence-electron chi connectivity index (χ4n) is 1.16. The zero-order chi connectivity index (χ0) is 13.0. The largest absolute Gasteiger partial charge is 0.478 e. The van der Waals surface area contributed by atoms with Crippen molar-refractivity contribution < 1.29 is 9.90 Å². The number of hydrogen-bond donors (Lipinski definition) is 1. The number of carbonyl (C=O) groups is 1. The highest BCUT2D eigenvalue weighted by Gasteiger charge is 2.12. The van der Waals surface area contributed by atoms with Gasteiger partial charge in [0.05, 0.1) is 18.0 Å². The Morgan fingerprint density at radius 2 is 2.17 bits per heavy atom. The van der Waals surface area contributed by atoms with Crippen LogP contribution in [0.4, 0.5) is 0 Å². The second kappa shape index (κ2) is 5.25. The van der Waals surface area contributed by atoms with Crippen LogP contribution in [-0.4, -0.2) is 26.0 Å². The van der Waals surface area contributed by atoms with Crippen molar-refractivity contribution in [3.63, 3.8) is 0 Å². The summed E-state index contributed by atoms with van der Waals surface area (Å²) >= 11 is 1.09. The molecule has 1 N–H and O–H groups in total. The molecule has 0 aliphatic heterocycles. The van der Waals surface area contributed by atoms with Crippen molar-refractivity contribution in [1.29, 1.82) is 5.26 Å². The van der Waals surface area contributed by atoms with E-state index in [1.165, 1.54) is 24.7 Å². The molecule has 0 saturated carbocycles. The molecule has 6 nitrogen and oxygen atoms in total. The van der Waals surface area contributed by atoms with Gasteiger partial charge in [0.15, 0.2) is 5.69 Å². The van der Waals surface area contributed by atoms with Gasteiger partial charge in [0.2, 0.25) is 0 Å². The van der Waals surface area contributed by atoms with Gasteiger partial charge in [0.1, 0.15) is 16.1 Å². The Hall–Kier alpha value is -2.46. The maximum atomic E-state index is 11.0. The van der Waals surface area contributed by atoms with E-state index in [0.717, 1.165) is 11.8 Å². The van der Waals surface area contributed by atoms with E-state index in [2.05, 4.69) is 15.0 Å². The Bertz CT molecular complexity index is 622. The molecule has 0 bridgehead atoms. The van der Waals surface area contributed by atoms with Crippen LogP contribution in [0.25, 0.3) is 0 Å². The minimum absolute atomic E-state index is 0.105. The van der Waals surface area contributed by atoms with Crippen molar-refractivity contribution >= 4 is 17.7 Å². The van der Waals surface area contributed by atoms with E-state index in [9.17, 15) is 4.79 Å². The molecule has 7 heteroatoms. The molecule has 0 fully saturated rings. The van der Waals surface area contributed by atoms with Gasteiger partial charge in [0, 0.05) is 6.20 Å².